The summed E-state index contributed by atoms with van der Waals surface area (Å²) >= 11 is 1.07. The third kappa shape index (κ3) is 4.61. The van der Waals surface area contributed by atoms with Crippen LogP contribution >= 0.6 is 11.8 Å². The lowest BCUT2D eigenvalue weighted by Gasteiger charge is -2.08. The molecular formula is C22H21NO7S. The van der Waals surface area contributed by atoms with Gasteiger partial charge in [0.1, 0.15) is 27.9 Å². The number of rotatable bonds is 6. The van der Waals surface area contributed by atoms with Crippen LogP contribution in [0.15, 0.2) is 57.6 Å². The third-order valence-corrected chi connectivity index (χ3v) is 5.42. The zero-order valence-corrected chi connectivity index (χ0v) is 18.1. The van der Waals surface area contributed by atoms with Crippen molar-refractivity contribution in [3.8, 4) is 23.0 Å². The maximum atomic E-state index is 12.3. The molecule has 0 saturated carbocycles. The Labute approximate surface area is 183 Å². The first-order chi connectivity index (χ1) is 14.9. The molecule has 1 aliphatic rings. The summed E-state index contributed by atoms with van der Waals surface area (Å²) in [7, 11) is 5.76. The Morgan fingerprint density at radius 2 is 1.71 bits per heavy atom. The van der Waals surface area contributed by atoms with Crippen LogP contribution in [0.3, 0.4) is 0 Å². The maximum Gasteiger partial charge on any atom is 0.344 e. The van der Waals surface area contributed by atoms with Crippen molar-refractivity contribution < 1.29 is 34.0 Å². The summed E-state index contributed by atoms with van der Waals surface area (Å²) < 4.78 is 20.5. The van der Waals surface area contributed by atoms with E-state index in [-0.39, 0.29) is 22.1 Å². The zero-order chi connectivity index (χ0) is 22.5. The van der Waals surface area contributed by atoms with E-state index in [9.17, 15) is 15.0 Å². The molecule has 162 valence electrons. The van der Waals surface area contributed by atoms with Crippen molar-refractivity contribution in [1.82, 2.24) is 0 Å². The molecule has 0 aromatic heterocycles. The van der Waals surface area contributed by atoms with E-state index in [1.54, 1.807) is 30.3 Å². The molecule has 0 atom stereocenters. The number of hydrogen-bond donors (Lipinski definition) is 2. The van der Waals surface area contributed by atoms with Crippen LogP contribution in [-0.4, -0.2) is 49.7 Å². The van der Waals surface area contributed by atoms with Crippen molar-refractivity contribution in [3.63, 3.8) is 0 Å². The predicted molar refractivity (Wildman–Crippen MR) is 119 cm³/mol. The van der Waals surface area contributed by atoms with Gasteiger partial charge >= 0.3 is 5.97 Å². The van der Waals surface area contributed by atoms with Gasteiger partial charge in [0.2, 0.25) is 0 Å². The second kappa shape index (κ2) is 9.48. The summed E-state index contributed by atoms with van der Waals surface area (Å²) in [6.07, 6.45) is 1.54. The number of thioether (sulfide) groups is 1. The van der Waals surface area contributed by atoms with Gasteiger partial charge in [-0.25, -0.2) is 9.79 Å². The number of ether oxygens (including phenoxy) is 4. The molecule has 0 spiro atoms. The predicted octanol–water partition coefficient (Wildman–Crippen LogP) is 4.22. The topological polar surface area (TPSA) is 107 Å². The number of benzene rings is 2. The van der Waals surface area contributed by atoms with E-state index < -0.39 is 5.97 Å². The second-order valence-corrected chi connectivity index (χ2v) is 7.24. The Morgan fingerprint density at radius 3 is 2.35 bits per heavy atom. The maximum absolute atomic E-state index is 12.3. The highest BCUT2D eigenvalue weighted by molar-refractivity contribution is 8.18. The number of aromatic hydroxyl groups is 1. The van der Waals surface area contributed by atoms with Gasteiger partial charge in [0.25, 0.3) is 0 Å². The van der Waals surface area contributed by atoms with Crippen molar-refractivity contribution in [2.45, 2.75) is 0 Å². The number of aliphatic imine (C=N–C) groups is 1. The van der Waals surface area contributed by atoms with E-state index in [2.05, 4.69) is 4.99 Å². The number of phenols is 1. The molecule has 0 fully saturated rings. The number of aliphatic hydroxyl groups excluding tert-OH is 1. The fourth-order valence-corrected chi connectivity index (χ4v) is 3.84. The van der Waals surface area contributed by atoms with E-state index in [0.29, 0.717) is 33.4 Å². The molecule has 2 N–H and O–H groups in total. The van der Waals surface area contributed by atoms with E-state index in [4.69, 9.17) is 18.9 Å². The van der Waals surface area contributed by atoms with Crippen LogP contribution in [0.5, 0.6) is 23.0 Å². The normalized spacial score (nSPS) is 16.0. The lowest BCUT2D eigenvalue weighted by atomic mass is 10.1. The summed E-state index contributed by atoms with van der Waals surface area (Å²) in [4.78, 5) is 17.1. The molecule has 0 aliphatic carbocycles. The van der Waals surface area contributed by atoms with Gasteiger partial charge in [-0.05, 0) is 36.4 Å². The Bertz CT molecular complexity index is 1110. The molecule has 0 radical (unpaired) electrons. The van der Waals surface area contributed by atoms with E-state index in [0.717, 1.165) is 11.8 Å². The van der Waals surface area contributed by atoms with Crippen LogP contribution in [0, 0.1) is 0 Å². The average molecular weight is 443 g/mol. The van der Waals surface area contributed by atoms with Crippen LogP contribution in [0.25, 0.3) is 6.08 Å². The van der Waals surface area contributed by atoms with Gasteiger partial charge in [-0.3, -0.25) is 0 Å². The lowest BCUT2D eigenvalue weighted by molar-refractivity contribution is -0.135. The molecule has 2 aromatic carbocycles. The van der Waals surface area contributed by atoms with Gasteiger partial charge in [0.15, 0.2) is 11.5 Å². The minimum Gasteiger partial charge on any atom is -0.507 e. The quantitative estimate of drug-likeness (QED) is 0.639. The molecular weight excluding hydrogens is 422 g/mol. The third-order valence-electron chi connectivity index (χ3n) is 4.40. The van der Waals surface area contributed by atoms with Crippen molar-refractivity contribution in [3.05, 3.63) is 58.2 Å². The van der Waals surface area contributed by atoms with Gasteiger partial charge in [-0.2, -0.15) is 0 Å². The van der Waals surface area contributed by atoms with Crippen molar-refractivity contribution in [2.75, 3.05) is 28.4 Å². The average Bonchev–Trinajstić information content (AvgIpc) is 3.08. The van der Waals surface area contributed by atoms with Gasteiger partial charge < -0.3 is 29.2 Å². The lowest BCUT2D eigenvalue weighted by Crippen LogP contribution is -2.10. The standard InChI is InChI=1S/C22H21NO7S/c1-27-14-6-7-15(24)12(9-14)10-18-20(25)19(22(26)30-4)21(31-18)23-13-5-8-16(28-2)17(11-13)29-3/h5-11,24-25H,1-4H3/b18-10+,23-21?. The van der Waals surface area contributed by atoms with E-state index in [1.807, 2.05) is 0 Å². The van der Waals surface area contributed by atoms with E-state index in [1.165, 1.54) is 40.6 Å². The van der Waals surface area contributed by atoms with Crippen LogP contribution in [0.4, 0.5) is 5.69 Å². The number of carbonyl (C=O) groups excluding carboxylic acids is 1. The molecule has 31 heavy (non-hydrogen) atoms. The summed E-state index contributed by atoms with van der Waals surface area (Å²) in [5.41, 5.74) is 0.820. The van der Waals surface area contributed by atoms with Crippen LogP contribution in [0.2, 0.25) is 0 Å². The molecule has 3 rings (SSSR count). The zero-order valence-electron chi connectivity index (χ0n) is 17.3. The number of nitrogens with zero attached hydrogens (tertiary/aromatic N) is 1. The summed E-state index contributed by atoms with van der Waals surface area (Å²) in [6, 6.07) is 9.72. The monoisotopic (exact) mass is 443 g/mol. The van der Waals surface area contributed by atoms with E-state index >= 15 is 0 Å². The van der Waals surface area contributed by atoms with Crippen molar-refractivity contribution >= 4 is 34.5 Å². The molecule has 1 heterocycles. The number of esters is 1. The smallest absolute Gasteiger partial charge is 0.344 e. The Balaban J connectivity index is 2.07. The summed E-state index contributed by atoms with van der Waals surface area (Å²) in [5, 5.41) is 21.1. The molecule has 0 saturated heterocycles. The second-order valence-electron chi connectivity index (χ2n) is 6.21. The van der Waals surface area contributed by atoms with Crippen LogP contribution < -0.4 is 14.2 Å². The highest BCUT2D eigenvalue weighted by Crippen LogP contribution is 2.42. The minimum atomic E-state index is -0.734. The number of methoxy groups -OCH3 is 4. The first-order valence-electron chi connectivity index (χ1n) is 9.01. The van der Waals surface area contributed by atoms with Crippen LogP contribution in [0.1, 0.15) is 5.56 Å². The molecule has 8 nitrogen and oxygen atoms in total. The minimum absolute atomic E-state index is 0.00778. The first-order valence-corrected chi connectivity index (χ1v) is 9.83. The first kappa shape index (κ1) is 22.1. The van der Waals surface area contributed by atoms with Gasteiger partial charge in [0, 0.05) is 11.6 Å². The summed E-state index contributed by atoms with van der Waals surface area (Å²) in [6.45, 7) is 0. The fourth-order valence-electron chi connectivity index (χ4n) is 2.82. The van der Waals surface area contributed by atoms with Crippen molar-refractivity contribution in [1.29, 1.82) is 0 Å². The SMILES string of the molecule is COC(=O)C1=C(O)/C(=C\c2cc(OC)ccc2O)SC1=Nc1ccc(OC)c(OC)c1. The molecule has 0 unspecified atom stereocenters. The number of hydrogen-bond acceptors (Lipinski definition) is 9. The van der Waals surface area contributed by atoms with Crippen LogP contribution in [-0.2, 0) is 9.53 Å². The van der Waals surface area contributed by atoms with Gasteiger partial charge in [-0.1, -0.05) is 11.8 Å². The number of aliphatic hydroxyl groups is 1. The number of phenolic OH excluding ortho intramolecular Hbond substituents is 1. The fraction of sp³-hybridized carbons (Fsp3) is 0.182. The highest BCUT2D eigenvalue weighted by atomic mass is 32.2. The van der Waals surface area contributed by atoms with Gasteiger partial charge in [-0.15, -0.1) is 0 Å². The largest absolute Gasteiger partial charge is 0.507 e. The van der Waals surface area contributed by atoms with Crippen molar-refractivity contribution in [2.24, 2.45) is 4.99 Å². The Hall–Kier alpha value is -3.59. The Morgan fingerprint density at radius 1 is 0.968 bits per heavy atom. The number of carbonyl (C=O) groups is 1. The molecule has 0 amide bonds. The summed E-state index contributed by atoms with van der Waals surface area (Å²) in [5.74, 6) is 0.499. The molecule has 0 bridgehead atoms. The Kier molecular flexibility index (Phi) is 6.76. The molecule has 9 heteroatoms. The molecule has 1 aliphatic heterocycles. The highest BCUT2D eigenvalue weighted by Gasteiger charge is 2.33. The van der Waals surface area contributed by atoms with Gasteiger partial charge in [0.05, 0.1) is 39.0 Å². The molecule has 2 aromatic rings.